The molecule has 3 saturated heterocycles. The molecule has 1 aliphatic carbocycles. The van der Waals surface area contributed by atoms with E-state index < -0.39 is 11.8 Å². The summed E-state index contributed by atoms with van der Waals surface area (Å²) in [5.74, 6) is -2.47. The molecular formula is C33H39F2N7O2. The lowest BCUT2D eigenvalue weighted by atomic mass is 9.76. The molecule has 9 nitrogen and oxygen atoms in total. The van der Waals surface area contributed by atoms with Crippen molar-refractivity contribution < 1.29 is 18.4 Å². The second-order valence-corrected chi connectivity index (χ2v) is 13.4. The monoisotopic (exact) mass is 603 g/mol. The van der Waals surface area contributed by atoms with Gasteiger partial charge in [-0.3, -0.25) is 9.59 Å². The van der Waals surface area contributed by atoms with Gasteiger partial charge in [0.25, 0.3) is 5.91 Å². The maximum absolute atomic E-state index is 13.7. The van der Waals surface area contributed by atoms with Crippen molar-refractivity contribution in [3.8, 4) is 5.69 Å². The van der Waals surface area contributed by atoms with E-state index in [1.54, 1.807) is 17.1 Å². The summed E-state index contributed by atoms with van der Waals surface area (Å²) in [4.78, 5) is 41.3. The van der Waals surface area contributed by atoms with Gasteiger partial charge < -0.3 is 14.7 Å². The molecule has 1 aromatic carbocycles. The number of aryl methyl sites for hydroxylation is 1. The summed E-state index contributed by atoms with van der Waals surface area (Å²) in [5.41, 5.74) is 3.93. The van der Waals surface area contributed by atoms with E-state index in [9.17, 15) is 18.4 Å². The summed E-state index contributed by atoms with van der Waals surface area (Å²) in [7, 11) is 0. The Labute approximate surface area is 256 Å². The van der Waals surface area contributed by atoms with Crippen molar-refractivity contribution in [2.24, 2.45) is 17.8 Å². The number of hydrogen-bond donors (Lipinski definition) is 0. The predicted molar refractivity (Wildman–Crippen MR) is 160 cm³/mol. The molecule has 232 valence electrons. The number of carbonyl (C=O) groups excluding carboxylic acids is 2. The van der Waals surface area contributed by atoms with Crippen LogP contribution in [0.4, 0.5) is 8.78 Å². The second kappa shape index (κ2) is 11.0. The number of aromatic nitrogens is 4. The molecular weight excluding hydrogens is 564 g/mol. The number of nitrogens with zero attached hydrogens (tertiary/aromatic N) is 7. The molecule has 4 fully saturated rings. The maximum atomic E-state index is 13.7. The van der Waals surface area contributed by atoms with Crippen LogP contribution in [0.25, 0.3) is 5.69 Å². The SMILES string of the molecule is Cc1nn(-c2cncnc2)c(C)c1C(=O)N1CC2CN(CCC3(c4ccccc4)CCN(C(=O)C4CC(F)(F)C4)C3)CC2C1. The molecule has 0 N–H and O–H groups in total. The van der Waals surface area contributed by atoms with Gasteiger partial charge in [0.1, 0.15) is 12.0 Å². The van der Waals surface area contributed by atoms with Crippen molar-refractivity contribution in [2.75, 3.05) is 45.8 Å². The Balaban J connectivity index is 0.982. The number of fused-ring (bicyclic) bond motifs is 1. The quantitative estimate of drug-likeness (QED) is 0.408. The first-order valence-corrected chi connectivity index (χ1v) is 15.7. The molecule has 2 aromatic heterocycles. The lowest BCUT2D eigenvalue weighted by Crippen LogP contribution is -2.47. The van der Waals surface area contributed by atoms with Crippen molar-refractivity contribution in [1.29, 1.82) is 0 Å². The minimum absolute atomic E-state index is 0.0343. The fourth-order valence-corrected chi connectivity index (χ4v) is 8.10. The molecule has 0 spiro atoms. The minimum Gasteiger partial charge on any atom is -0.342 e. The highest BCUT2D eigenvalue weighted by Crippen LogP contribution is 2.45. The molecule has 5 heterocycles. The first-order valence-electron chi connectivity index (χ1n) is 15.7. The van der Waals surface area contributed by atoms with E-state index in [2.05, 4.69) is 32.1 Å². The van der Waals surface area contributed by atoms with Crippen LogP contribution in [0.3, 0.4) is 0 Å². The minimum atomic E-state index is -2.69. The third kappa shape index (κ3) is 5.18. The van der Waals surface area contributed by atoms with Gasteiger partial charge in [-0.15, -0.1) is 0 Å². The van der Waals surface area contributed by atoms with E-state index >= 15 is 0 Å². The smallest absolute Gasteiger partial charge is 0.257 e. The zero-order chi connectivity index (χ0) is 30.6. The van der Waals surface area contributed by atoms with E-state index in [4.69, 9.17) is 0 Å². The van der Waals surface area contributed by atoms with Gasteiger partial charge in [-0.25, -0.2) is 23.4 Å². The normalized spacial score (nSPS) is 26.6. The highest BCUT2D eigenvalue weighted by atomic mass is 19.3. The predicted octanol–water partition coefficient (Wildman–Crippen LogP) is 3.89. The van der Waals surface area contributed by atoms with E-state index in [-0.39, 0.29) is 30.1 Å². The topological polar surface area (TPSA) is 87.5 Å². The summed E-state index contributed by atoms with van der Waals surface area (Å²) in [5, 5.41) is 4.61. The van der Waals surface area contributed by atoms with Gasteiger partial charge in [-0.2, -0.15) is 5.10 Å². The van der Waals surface area contributed by atoms with Crippen LogP contribution >= 0.6 is 0 Å². The van der Waals surface area contributed by atoms with Crippen molar-refractivity contribution in [3.05, 3.63) is 71.6 Å². The summed E-state index contributed by atoms with van der Waals surface area (Å²) >= 11 is 0. The Morgan fingerprint density at radius 1 is 0.955 bits per heavy atom. The van der Waals surface area contributed by atoms with Crippen molar-refractivity contribution in [1.82, 2.24) is 34.4 Å². The molecule has 2 amide bonds. The number of halogens is 2. The summed E-state index contributed by atoms with van der Waals surface area (Å²) in [6, 6.07) is 10.4. The Morgan fingerprint density at radius 2 is 1.64 bits per heavy atom. The maximum Gasteiger partial charge on any atom is 0.257 e. The molecule has 11 heteroatoms. The molecule has 3 aliphatic heterocycles. The number of likely N-dealkylation sites (tertiary alicyclic amines) is 3. The summed E-state index contributed by atoms with van der Waals surface area (Å²) in [6.07, 6.45) is 5.96. The zero-order valence-corrected chi connectivity index (χ0v) is 25.3. The molecule has 1 saturated carbocycles. The molecule has 3 aromatic rings. The van der Waals surface area contributed by atoms with E-state index in [0.717, 1.165) is 56.9 Å². The average molecular weight is 604 g/mol. The van der Waals surface area contributed by atoms with Crippen molar-refractivity contribution in [2.45, 2.75) is 50.9 Å². The second-order valence-electron chi connectivity index (χ2n) is 13.4. The Kier molecular flexibility index (Phi) is 7.26. The molecule has 3 unspecified atom stereocenters. The fourth-order valence-electron chi connectivity index (χ4n) is 8.10. The Morgan fingerprint density at radius 3 is 2.30 bits per heavy atom. The van der Waals surface area contributed by atoms with Crippen molar-refractivity contribution >= 4 is 11.8 Å². The number of hydrogen-bond acceptors (Lipinski definition) is 6. The van der Waals surface area contributed by atoms with Gasteiger partial charge in [-0.1, -0.05) is 30.3 Å². The van der Waals surface area contributed by atoms with Gasteiger partial charge >= 0.3 is 0 Å². The lowest BCUT2D eigenvalue weighted by Gasteiger charge is -2.37. The van der Waals surface area contributed by atoms with Gasteiger partial charge in [0.2, 0.25) is 11.8 Å². The molecule has 0 bridgehead atoms. The zero-order valence-electron chi connectivity index (χ0n) is 25.3. The lowest BCUT2D eigenvalue weighted by molar-refractivity contribution is -0.159. The van der Waals surface area contributed by atoms with Crippen molar-refractivity contribution in [3.63, 3.8) is 0 Å². The Bertz CT molecular complexity index is 1530. The largest absolute Gasteiger partial charge is 0.342 e. The molecule has 0 radical (unpaired) electrons. The van der Waals surface area contributed by atoms with Gasteiger partial charge in [0.05, 0.1) is 29.3 Å². The van der Waals surface area contributed by atoms with Crippen LogP contribution in [0.2, 0.25) is 0 Å². The van der Waals surface area contributed by atoms with Crippen LogP contribution in [0.5, 0.6) is 0 Å². The molecule has 3 atom stereocenters. The average Bonchev–Trinajstić information content (AvgIpc) is 3.77. The van der Waals surface area contributed by atoms with Crippen LogP contribution in [0, 0.1) is 31.6 Å². The third-order valence-corrected chi connectivity index (χ3v) is 10.5. The number of rotatable bonds is 7. The summed E-state index contributed by atoms with van der Waals surface area (Å²) < 4.78 is 28.7. The highest BCUT2D eigenvalue weighted by molar-refractivity contribution is 5.96. The van der Waals surface area contributed by atoms with Gasteiger partial charge in [0, 0.05) is 63.4 Å². The van der Waals surface area contributed by atoms with E-state index in [1.165, 1.54) is 11.9 Å². The van der Waals surface area contributed by atoms with Crippen LogP contribution in [-0.2, 0) is 10.2 Å². The molecule has 44 heavy (non-hydrogen) atoms. The Hall–Kier alpha value is -3.73. The summed E-state index contributed by atoms with van der Waals surface area (Å²) in [6.45, 7) is 9.25. The van der Waals surface area contributed by atoms with Crippen LogP contribution in [0.15, 0.2) is 49.1 Å². The van der Waals surface area contributed by atoms with E-state index in [1.807, 2.05) is 41.8 Å². The fraction of sp³-hybridized carbons (Fsp3) is 0.545. The van der Waals surface area contributed by atoms with Crippen LogP contribution in [0.1, 0.15) is 53.0 Å². The van der Waals surface area contributed by atoms with Crippen LogP contribution in [-0.4, -0.2) is 98.0 Å². The number of benzene rings is 1. The first kappa shape index (κ1) is 29.0. The molecule has 4 aliphatic rings. The standard InChI is InChI=1S/C33H39F2N7O2/c1-22-29(23(2)42(38-22)28-14-36-21-37-15-28)31(44)41-18-25-16-39(17-26(25)19-41)10-8-32(27-6-4-3-5-7-27)9-11-40(20-32)30(43)24-12-33(34,35)13-24/h3-7,14-15,21,24-26H,8-13,16-20H2,1-2H3. The molecule has 7 rings (SSSR count). The van der Waals surface area contributed by atoms with Gasteiger partial charge in [0.15, 0.2) is 0 Å². The van der Waals surface area contributed by atoms with Crippen LogP contribution < -0.4 is 0 Å². The highest BCUT2D eigenvalue weighted by Gasteiger charge is 2.52. The van der Waals surface area contributed by atoms with E-state index in [0.29, 0.717) is 36.2 Å². The first-order chi connectivity index (χ1) is 21.1. The number of alkyl halides is 2. The third-order valence-electron chi connectivity index (χ3n) is 10.5. The number of carbonyl (C=O) groups is 2. The van der Waals surface area contributed by atoms with Gasteiger partial charge in [-0.05, 0) is 50.6 Å². The number of amides is 2.